The minimum absolute atomic E-state index is 0.0464. The van der Waals surface area contributed by atoms with Crippen LogP contribution in [0.4, 0.5) is 0 Å². The molecule has 0 saturated carbocycles. The van der Waals surface area contributed by atoms with Crippen LogP contribution in [-0.2, 0) is 23.9 Å². The number of amides is 2. The summed E-state index contributed by atoms with van der Waals surface area (Å²) in [5, 5.41) is 31.0. The number of allylic oxidation sites excluding steroid dienone is 1. The Balaban J connectivity index is 1.33. The Labute approximate surface area is 328 Å². The first-order valence-corrected chi connectivity index (χ1v) is 20.5. The first-order chi connectivity index (χ1) is 24.0. The van der Waals surface area contributed by atoms with E-state index in [9.17, 15) is 19.8 Å². The fourth-order valence-corrected chi connectivity index (χ4v) is 8.49. The van der Waals surface area contributed by atoms with Crippen LogP contribution in [0.3, 0.4) is 0 Å². The van der Waals surface area contributed by atoms with Gasteiger partial charge in [0, 0.05) is 24.0 Å². The van der Waals surface area contributed by atoms with Crippen molar-refractivity contribution < 1.29 is 38.9 Å². The number of aliphatic hydroxyl groups is 2. The van der Waals surface area contributed by atoms with Crippen LogP contribution in [-0.4, -0.2) is 66.4 Å². The predicted molar refractivity (Wildman–Crippen MR) is 207 cm³/mol. The summed E-state index contributed by atoms with van der Waals surface area (Å²) in [6.07, 6.45) is 13.5. The van der Waals surface area contributed by atoms with Crippen molar-refractivity contribution in [1.29, 1.82) is 0 Å². The van der Waals surface area contributed by atoms with Gasteiger partial charge in [-0.15, -0.1) is 0 Å². The number of methoxy groups -OCH3 is 1. The molecule has 0 radical (unpaired) electrons. The minimum Gasteiger partial charge on any atom is -0.495 e. The quantitative estimate of drug-likeness (QED) is 0.0850. The topological polar surface area (TPSA) is 148 Å². The highest BCUT2D eigenvalue weighted by atomic mass is 79.9. The molecular formula is C35H49Br4N3O8. The van der Waals surface area contributed by atoms with Gasteiger partial charge in [0.15, 0.2) is 11.8 Å². The molecule has 4 N–H and O–H groups in total. The molecule has 3 unspecified atom stereocenters. The summed E-state index contributed by atoms with van der Waals surface area (Å²) < 4.78 is 19.2. The number of carbonyl (C=O) groups is 2. The van der Waals surface area contributed by atoms with Crippen molar-refractivity contribution in [3.63, 3.8) is 0 Å². The molecular weight excluding hydrogens is 910 g/mol. The third-order valence-corrected chi connectivity index (χ3v) is 10.8. The lowest BCUT2D eigenvalue weighted by molar-refractivity contribution is -0.225. The van der Waals surface area contributed by atoms with E-state index in [0.717, 1.165) is 19.3 Å². The van der Waals surface area contributed by atoms with E-state index in [-0.39, 0.29) is 37.7 Å². The van der Waals surface area contributed by atoms with Crippen LogP contribution in [0, 0.1) is 0 Å². The first kappa shape index (κ1) is 42.8. The van der Waals surface area contributed by atoms with Gasteiger partial charge in [-0.25, -0.2) is 0 Å². The molecule has 1 aromatic rings. The number of ether oxygens (including phenoxy) is 3. The number of hydrogen-bond donors (Lipinski definition) is 4. The fraction of sp³-hybridized carbons (Fsp3) is 0.629. The van der Waals surface area contributed by atoms with E-state index >= 15 is 0 Å². The standard InChI is InChI=1S/C35H49Br4N3O8/c1-3-4-5-6-7-8-9-10-11-12-13-15-29(44)41-21-28(43)23-18-24(36)32(25(37)19-23)48-17-14-16-40-34(46)30-33(45)35(50-42-30)20-26(38)31(47-2)27(39)22-49-35/h18-19,22,28,33,43,45H,3-17,20-21H2,1-2H3,(H,40,46)(H,41,44). The largest absolute Gasteiger partial charge is 0.495 e. The maximum absolute atomic E-state index is 12.8. The first-order valence-electron chi connectivity index (χ1n) is 17.3. The van der Waals surface area contributed by atoms with E-state index < -0.39 is 23.9 Å². The zero-order chi connectivity index (χ0) is 36.5. The SMILES string of the molecule is CCCCCCCCCCCCCC(=O)NCC(O)c1cc(Br)c(OCCCNC(=O)C2=NOC3(CC(Br)=C(OC)C(Br)=CO3)C2O)c(Br)c1. The van der Waals surface area contributed by atoms with Gasteiger partial charge >= 0.3 is 5.79 Å². The molecule has 0 bridgehead atoms. The number of unbranched alkanes of at least 4 members (excludes halogenated alkanes) is 10. The average Bonchev–Trinajstić information content (AvgIpc) is 3.34. The summed E-state index contributed by atoms with van der Waals surface area (Å²) in [6.45, 7) is 2.86. The summed E-state index contributed by atoms with van der Waals surface area (Å²) in [4.78, 5) is 30.6. The smallest absolute Gasteiger partial charge is 0.311 e. The highest BCUT2D eigenvalue weighted by molar-refractivity contribution is 9.12. The lowest BCUT2D eigenvalue weighted by atomic mass is 10.0. The number of carbonyl (C=O) groups excluding carboxylic acids is 2. The van der Waals surface area contributed by atoms with Crippen LogP contribution in [0.15, 0.2) is 47.2 Å². The third kappa shape index (κ3) is 13.1. The van der Waals surface area contributed by atoms with Gasteiger partial charge in [-0.2, -0.15) is 0 Å². The van der Waals surface area contributed by atoms with Crippen LogP contribution in [0.5, 0.6) is 5.75 Å². The van der Waals surface area contributed by atoms with E-state index in [1.807, 2.05) is 0 Å². The van der Waals surface area contributed by atoms with Crippen molar-refractivity contribution in [2.24, 2.45) is 5.16 Å². The Kier molecular flexibility index (Phi) is 19.2. The van der Waals surface area contributed by atoms with Crippen molar-refractivity contribution in [3.8, 4) is 5.75 Å². The van der Waals surface area contributed by atoms with Gasteiger partial charge in [0.05, 0.1) is 39.7 Å². The lowest BCUT2D eigenvalue weighted by Gasteiger charge is -2.27. The lowest BCUT2D eigenvalue weighted by Crippen LogP contribution is -2.49. The second-order valence-corrected chi connectivity index (χ2v) is 15.9. The highest BCUT2D eigenvalue weighted by Gasteiger charge is 2.54. The van der Waals surface area contributed by atoms with Gasteiger partial charge in [-0.1, -0.05) is 92.2 Å². The molecule has 15 heteroatoms. The van der Waals surface area contributed by atoms with Gasteiger partial charge in [-0.3, -0.25) is 9.59 Å². The number of aliphatic hydroxyl groups excluding tert-OH is 2. The molecule has 0 saturated heterocycles. The Bertz CT molecular complexity index is 1350. The average molecular weight is 959 g/mol. The number of halogens is 4. The van der Waals surface area contributed by atoms with Crippen LogP contribution >= 0.6 is 63.7 Å². The zero-order valence-electron chi connectivity index (χ0n) is 28.7. The van der Waals surface area contributed by atoms with E-state index in [0.29, 0.717) is 47.8 Å². The molecule has 2 heterocycles. The molecule has 11 nitrogen and oxygen atoms in total. The molecule has 2 aliphatic rings. The van der Waals surface area contributed by atoms with Gasteiger partial charge < -0.3 is 39.9 Å². The maximum atomic E-state index is 12.8. The zero-order valence-corrected chi connectivity index (χ0v) is 35.1. The summed E-state index contributed by atoms with van der Waals surface area (Å²) in [5.41, 5.74) is 0.414. The second-order valence-electron chi connectivity index (χ2n) is 12.4. The van der Waals surface area contributed by atoms with Gasteiger partial charge in [0.1, 0.15) is 17.8 Å². The number of hydrogen-bond acceptors (Lipinski definition) is 9. The summed E-state index contributed by atoms with van der Waals surface area (Å²) >= 11 is 13.8. The Morgan fingerprint density at radius 3 is 2.22 bits per heavy atom. The molecule has 3 rings (SSSR count). The van der Waals surface area contributed by atoms with Gasteiger partial charge in [0.2, 0.25) is 5.91 Å². The van der Waals surface area contributed by atoms with Crippen LogP contribution in [0.1, 0.15) is 108 Å². The van der Waals surface area contributed by atoms with E-state index in [1.54, 1.807) is 12.1 Å². The number of oxime groups is 1. The Morgan fingerprint density at radius 2 is 1.60 bits per heavy atom. The monoisotopic (exact) mass is 955 g/mol. The molecule has 50 heavy (non-hydrogen) atoms. The van der Waals surface area contributed by atoms with E-state index in [4.69, 9.17) is 19.0 Å². The molecule has 0 aromatic heterocycles. The number of nitrogens with one attached hydrogen (secondary N) is 2. The van der Waals surface area contributed by atoms with Crippen molar-refractivity contribution in [2.75, 3.05) is 26.8 Å². The fourth-order valence-electron chi connectivity index (χ4n) is 5.51. The van der Waals surface area contributed by atoms with Crippen molar-refractivity contribution in [3.05, 3.63) is 47.6 Å². The third-order valence-electron chi connectivity index (χ3n) is 8.40. The number of nitrogens with zero attached hydrogens (tertiary/aromatic N) is 1. The van der Waals surface area contributed by atoms with Gasteiger partial charge in [0.25, 0.3) is 5.91 Å². The molecule has 2 aliphatic heterocycles. The normalized spacial score (nSPS) is 19.2. The van der Waals surface area contributed by atoms with Crippen molar-refractivity contribution >= 4 is 81.2 Å². The summed E-state index contributed by atoms with van der Waals surface area (Å²) in [7, 11) is 1.50. The molecule has 0 aliphatic carbocycles. The molecule has 1 spiro atoms. The predicted octanol–water partition coefficient (Wildman–Crippen LogP) is 8.30. The van der Waals surface area contributed by atoms with Crippen LogP contribution < -0.4 is 15.4 Å². The molecule has 1 aromatic carbocycles. The van der Waals surface area contributed by atoms with Crippen molar-refractivity contribution in [1.82, 2.24) is 10.6 Å². The molecule has 3 atom stereocenters. The Hall–Kier alpha value is -1.65. The van der Waals surface area contributed by atoms with Crippen LogP contribution in [0.2, 0.25) is 0 Å². The number of benzene rings is 1. The second kappa shape index (κ2) is 22.4. The Morgan fingerprint density at radius 1 is 0.980 bits per heavy atom. The van der Waals surface area contributed by atoms with Gasteiger partial charge in [-0.05, 0) is 78.3 Å². The van der Waals surface area contributed by atoms with Crippen LogP contribution in [0.25, 0.3) is 0 Å². The summed E-state index contributed by atoms with van der Waals surface area (Å²) in [6, 6.07) is 3.51. The maximum Gasteiger partial charge on any atom is 0.311 e. The van der Waals surface area contributed by atoms with Crippen molar-refractivity contribution in [2.45, 2.75) is 115 Å². The molecule has 280 valence electrons. The summed E-state index contributed by atoms with van der Waals surface area (Å²) in [5.74, 6) is -1.26. The molecule has 2 amide bonds. The van der Waals surface area contributed by atoms with E-state index in [2.05, 4.69) is 86.4 Å². The number of rotatable bonds is 22. The van der Waals surface area contributed by atoms with E-state index in [1.165, 1.54) is 64.7 Å². The molecule has 0 fully saturated rings. The highest BCUT2D eigenvalue weighted by Crippen LogP contribution is 2.41. The minimum atomic E-state index is -1.62.